The first kappa shape index (κ1) is 29.9. The molecule has 0 saturated heterocycles. The number of nitrogens with zero attached hydrogens (tertiary/aromatic N) is 3. The Bertz CT molecular complexity index is 1780. The van der Waals surface area contributed by atoms with Crippen LogP contribution in [0.5, 0.6) is 5.75 Å². The maximum atomic E-state index is 14.0. The number of nitriles is 1. The van der Waals surface area contributed by atoms with Crippen molar-refractivity contribution < 1.29 is 14.5 Å². The van der Waals surface area contributed by atoms with E-state index in [1.807, 2.05) is 58.9 Å². The van der Waals surface area contributed by atoms with E-state index in [1.54, 1.807) is 29.2 Å². The predicted molar refractivity (Wildman–Crippen MR) is 167 cm³/mol. The van der Waals surface area contributed by atoms with Gasteiger partial charge in [0, 0.05) is 28.8 Å². The Morgan fingerprint density at radius 2 is 1.81 bits per heavy atom. The third kappa shape index (κ3) is 5.49. The van der Waals surface area contributed by atoms with Crippen LogP contribution in [0.15, 0.2) is 77.3 Å². The van der Waals surface area contributed by atoms with Crippen molar-refractivity contribution in [3.8, 4) is 11.8 Å². The number of ether oxygens (including phenoxy) is 1. The van der Waals surface area contributed by atoms with Crippen molar-refractivity contribution in [1.82, 2.24) is 0 Å². The van der Waals surface area contributed by atoms with Crippen molar-refractivity contribution in [2.45, 2.75) is 60.0 Å². The number of halogens is 1. The Labute approximate surface area is 256 Å². The molecule has 8 nitrogen and oxygen atoms in total. The number of benzene rings is 3. The minimum Gasteiger partial charge on any atom is -0.489 e. The lowest BCUT2D eigenvalue weighted by Gasteiger charge is -2.43. The van der Waals surface area contributed by atoms with E-state index in [4.69, 9.17) is 22.1 Å². The number of allylic oxidation sites excluding steroid dienone is 3. The van der Waals surface area contributed by atoms with Crippen molar-refractivity contribution in [3.63, 3.8) is 0 Å². The van der Waals surface area contributed by atoms with Gasteiger partial charge in [-0.05, 0) is 84.7 Å². The number of ketones is 1. The van der Waals surface area contributed by atoms with Crippen LogP contribution in [-0.2, 0) is 11.4 Å². The Kier molecular flexibility index (Phi) is 7.80. The Balaban J connectivity index is 1.69. The van der Waals surface area contributed by atoms with Gasteiger partial charge < -0.3 is 10.5 Å². The number of aryl methyl sites for hydroxylation is 3. The standard InChI is InChI=1S/C34H33ClN4O4/c1-19-12-20(2)24(14-22(19)18-43-30-11-10-23(35)13-21(30)3)31-25(17-36)33(37)38(26-8-6-7-9-27(26)39(41)42)28-15-34(4,5)16-29(40)32(28)31/h6-14,31H,15-16,18,37H2,1-5H3. The molecule has 0 bridgehead atoms. The highest BCUT2D eigenvalue weighted by molar-refractivity contribution is 6.30. The number of hydrogen-bond acceptors (Lipinski definition) is 7. The minimum absolute atomic E-state index is 0.0839. The minimum atomic E-state index is -0.723. The van der Waals surface area contributed by atoms with Crippen LogP contribution in [0, 0.1) is 47.6 Å². The van der Waals surface area contributed by atoms with Gasteiger partial charge in [0.15, 0.2) is 5.78 Å². The van der Waals surface area contributed by atoms with E-state index in [2.05, 4.69) is 6.07 Å². The summed E-state index contributed by atoms with van der Waals surface area (Å²) in [5, 5.41) is 23.2. The van der Waals surface area contributed by atoms with E-state index in [0.29, 0.717) is 28.5 Å². The van der Waals surface area contributed by atoms with E-state index >= 15 is 0 Å². The number of nitrogens with two attached hydrogens (primary N) is 1. The molecule has 2 aliphatic rings. The summed E-state index contributed by atoms with van der Waals surface area (Å²) >= 11 is 6.12. The maximum absolute atomic E-state index is 14.0. The summed E-state index contributed by atoms with van der Waals surface area (Å²) in [6.07, 6.45) is 0.731. The zero-order valence-electron chi connectivity index (χ0n) is 24.8. The van der Waals surface area contributed by atoms with Gasteiger partial charge in [-0.3, -0.25) is 19.8 Å². The molecule has 5 rings (SSSR count). The highest BCUT2D eigenvalue weighted by Crippen LogP contribution is 2.52. The number of para-hydroxylation sites is 2. The monoisotopic (exact) mass is 596 g/mol. The molecule has 1 atom stereocenters. The van der Waals surface area contributed by atoms with E-state index < -0.39 is 16.3 Å². The molecule has 0 aromatic heterocycles. The Morgan fingerprint density at radius 3 is 2.49 bits per heavy atom. The van der Waals surface area contributed by atoms with Gasteiger partial charge in [0.2, 0.25) is 0 Å². The van der Waals surface area contributed by atoms with Gasteiger partial charge in [-0.25, -0.2) is 0 Å². The summed E-state index contributed by atoms with van der Waals surface area (Å²) in [7, 11) is 0. The summed E-state index contributed by atoms with van der Waals surface area (Å²) in [5.41, 5.74) is 12.1. The van der Waals surface area contributed by atoms with Crippen molar-refractivity contribution in [2.75, 3.05) is 4.90 Å². The molecule has 3 aromatic carbocycles. The number of nitro benzene ring substituents is 1. The largest absolute Gasteiger partial charge is 0.489 e. The summed E-state index contributed by atoms with van der Waals surface area (Å²) < 4.78 is 6.17. The molecule has 220 valence electrons. The summed E-state index contributed by atoms with van der Waals surface area (Å²) in [4.78, 5) is 27.1. The molecule has 0 fully saturated rings. The number of Topliss-reactive ketones (excluding diaryl/α,β-unsaturated/α-hetero) is 1. The fourth-order valence-corrected chi connectivity index (χ4v) is 6.44. The summed E-state index contributed by atoms with van der Waals surface area (Å²) in [6, 6.07) is 18.0. The van der Waals surface area contributed by atoms with Crippen LogP contribution >= 0.6 is 11.6 Å². The molecule has 0 spiro atoms. The fraction of sp³-hybridized carbons (Fsp3) is 0.294. The number of carbonyl (C=O) groups excluding carboxylic acids is 1. The predicted octanol–water partition coefficient (Wildman–Crippen LogP) is 7.69. The lowest BCUT2D eigenvalue weighted by molar-refractivity contribution is -0.384. The van der Waals surface area contributed by atoms with Gasteiger partial charge in [0.25, 0.3) is 5.69 Å². The Morgan fingerprint density at radius 1 is 1.09 bits per heavy atom. The number of anilines is 1. The molecular weight excluding hydrogens is 564 g/mol. The molecule has 0 radical (unpaired) electrons. The molecule has 2 N–H and O–H groups in total. The van der Waals surface area contributed by atoms with Crippen molar-refractivity contribution in [1.29, 1.82) is 5.26 Å². The maximum Gasteiger partial charge on any atom is 0.293 e. The molecule has 0 amide bonds. The van der Waals surface area contributed by atoms with Gasteiger partial charge in [0.1, 0.15) is 23.9 Å². The molecule has 1 aliphatic heterocycles. The van der Waals surface area contributed by atoms with Gasteiger partial charge in [-0.1, -0.05) is 49.7 Å². The highest BCUT2D eigenvalue weighted by Gasteiger charge is 2.46. The lowest BCUT2D eigenvalue weighted by atomic mass is 9.68. The van der Waals surface area contributed by atoms with E-state index in [-0.39, 0.29) is 41.6 Å². The SMILES string of the molecule is Cc1cc(C)c(C2C(C#N)=C(N)N(c3ccccc3[N+](=O)[O-])C3=C2C(=O)CC(C)(C)C3)cc1COc1ccc(Cl)cc1C. The second kappa shape index (κ2) is 11.2. The second-order valence-electron chi connectivity index (χ2n) is 12.1. The van der Waals surface area contributed by atoms with Crippen LogP contribution < -0.4 is 15.4 Å². The van der Waals surface area contributed by atoms with Crippen LogP contribution in [0.3, 0.4) is 0 Å². The molecule has 3 aromatic rings. The Hall–Kier alpha value is -4.61. The van der Waals surface area contributed by atoms with Crippen LogP contribution in [0.2, 0.25) is 5.02 Å². The number of hydrogen-bond donors (Lipinski definition) is 1. The first-order valence-corrected chi connectivity index (χ1v) is 14.4. The molecule has 43 heavy (non-hydrogen) atoms. The molecule has 1 heterocycles. The average molecular weight is 597 g/mol. The average Bonchev–Trinajstić information content (AvgIpc) is 2.92. The van der Waals surface area contributed by atoms with E-state index in [9.17, 15) is 20.2 Å². The number of nitro groups is 1. The lowest BCUT2D eigenvalue weighted by Crippen LogP contribution is -2.42. The topological polar surface area (TPSA) is 122 Å². The zero-order chi connectivity index (χ0) is 31.2. The normalized spacial score (nSPS) is 17.9. The highest BCUT2D eigenvalue weighted by atomic mass is 35.5. The number of rotatable bonds is 6. The fourth-order valence-electron chi connectivity index (χ4n) is 6.22. The summed E-state index contributed by atoms with van der Waals surface area (Å²) in [6.45, 7) is 10.1. The smallest absolute Gasteiger partial charge is 0.293 e. The molecule has 9 heteroatoms. The molecule has 1 aliphatic carbocycles. The van der Waals surface area contributed by atoms with Crippen LogP contribution in [0.4, 0.5) is 11.4 Å². The third-order valence-corrected chi connectivity index (χ3v) is 8.49. The van der Waals surface area contributed by atoms with E-state index in [0.717, 1.165) is 27.8 Å². The van der Waals surface area contributed by atoms with Crippen molar-refractivity contribution in [2.24, 2.45) is 11.1 Å². The second-order valence-corrected chi connectivity index (χ2v) is 12.5. The number of carbonyl (C=O) groups is 1. The van der Waals surface area contributed by atoms with Crippen LogP contribution in [0.25, 0.3) is 0 Å². The van der Waals surface area contributed by atoms with Gasteiger partial charge in [-0.15, -0.1) is 0 Å². The van der Waals surface area contributed by atoms with Crippen LogP contribution in [-0.4, -0.2) is 10.7 Å². The quantitative estimate of drug-likeness (QED) is 0.228. The molecule has 0 saturated carbocycles. The van der Waals surface area contributed by atoms with E-state index in [1.165, 1.54) is 6.07 Å². The van der Waals surface area contributed by atoms with Gasteiger partial charge in [-0.2, -0.15) is 5.26 Å². The first-order valence-electron chi connectivity index (χ1n) is 14.0. The van der Waals surface area contributed by atoms with Gasteiger partial charge >= 0.3 is 0 Å². The third-order valence-electron chi connectivity index (χ3n) is 8.26. The van der Waals surface area contributed by atoms with Crippen LogP contribution in [0.1, 0.15) is 60.4 Å². The summed E-state index contributed by atoms with van der Waals surface area (Å²) in [5.74, 6) is -0.0327. The zero-order valence-corrected chi connectivity index (χ0v) is 25.6. The molecular formula is C34H33ClN4O4. The van der Waals surface area contributed by atoms with Crippen molar-refractivity contribution in [3.05, 3.63) is 120 Å². The van der Waals surface area contributed by atoms with Gasteiger partial charge in [0.05, 0.1) is 22.5 Å². The first-order chi connectivity index (χ1) is 20.3. The molecule has 1 unspecified atom stereocenters. The van der Waals surface area contributed by atoms with Crippen molar-refractivity contribution >= 4 is 28.8 Å².